The maximum Gasteiger partial charge on any atom is 0.326 e. The highest BCUT2D eigenvalue weighted by Crippen LogP contribution is 2.22. The van der Waals surface area contributed by atoms with Crippen molar-refractivity contribution in [1.82, 2.24) is 15.3 Å². The molecule has 12 nitrogen and oxygen atoms in total. The second-order valence-electron chi connectivity index (χ2n) is 6.31. The Morgan fingerprint density at radius 1 is 1.23 bits per heavy atom. The molecule has 0 aromatic carbocycles. The van der Waals surface area contributed by atoms with Crippen molar-refractivity contribution in [2.24, 2.45) is 0 Å². The molecule has 13 heteroatoms. The van der Waals surface area contributed by atoms with Crippen LogP contribution in [0.2, 0.25) is 0 Å². The van der Waals surface area contributed by atoms with Gasteiger partial charge in [-0.3, -0.25) is 19.4 Å². The molecule has 2 aromatic heterocycles. The average molecular weight is 438 g/mol. The van der Waals surface area contributed by atoms with Crippen molar-refractivity contribution >= 4 is 45.9 Å². The zero-order valence-electron chi connectivity index (χ0n) is 15.8. The van der Waals surface area contributed by atoms with Gasteiger partial charge in [-0.1, -0.05) is 0 Å². The van der Waals surface area contributed by atoms with Crippen LogP contribution in [0.15, 0.2) is 16.9 Å². The molecule has 2 rings (SSSR count). The Morgan fingerprint density at radius 3 is 2.60 bits per heavy atom. The fourth-order valence-electron chi connectivity index (χ4n) is 2.56. The van der Waals surface area contributed by atoms with Crippen LogP contribution in [-0.2, 0) is 16.0 Å². The lowest BCUT2D eigenvalue weighted by Crippen LogP contribution is -2.40. The normalized spacial score (nSPS) is 11.6. The first kappa shape index (κ1) is 22.7. The van der Waals surface area contributed by atoms with Gasteiger partial charge in [-0.25, -0.2) is 4.79 Å². The Kier molecular flexibility index (Phi) is 7.75. The fraction of sp³-hybridized carbons (Fsp3) is 0.353. The van der Waals surface area contributed by atoms with E-state index in [2.05, 4.69) is 20.6 Å². The highest BCUT2D eigenvalue weighted by Gasteiger charge is 2.22. The average Bonchev–Trinajstić information content (AvgIpc) is 3.12. The smallest absolute Gasteiger partial charge is 0.326 e. The van der Waals surface area contributed by atoms with Crippen molar-refractivity contribution in [3.05, 3.63) is 32.9 Å². The summed E-state index contributed by atoms with van der Waals surface area (Å²) in [5, 5.41) is 23.9. The monoisotopic (exact) mass is 438 g/mol. The van der Waals surface area contributed by atoms with E-state index in [0.717, 1.165) is 11.3 Å². The summed E-state index contributed by atoms with van der Waals surface area (Å²) in [6, 6.07) is 1.91. The van der Waals surface area contributed by atoms with Crippen molar-refractivity contribution in [2.45, 2.75) is 31.7 Å². The van der Waals surface area contributed by atoms with Gasteiger partial charge in [0.05, 0.1) is 15.4 Å². The molecule has 1 amide bonds. The van der Waals surface area contributed by atoms with Gasteiger partial charge in [0.25, 0.3) is 11.5 Å². The van der Waals surface area contributed by atoms with Crippen LogP contribution in [0.25, 0.3) is 0 Å². The number of thiophene rings is 1. The molecule has 9 N–H and O–H groups in total. The molecule has 0 saturated carbocycles. The minimum Gasteiger partial charge on any atom is -0.481 e. The summed E-state index contributed by atoms with van der Waals surface area (Å²) in [7, 11) is 0. The summed E-state index contributed by atoms with van der Waals surface area (Å²) in [5.41, 5.74) is 11.1. The minimum absolute atomic E-state index is 0.0446. The maximum absolute atomic E-state index is 12.2. The highest BCUT2D eigenvalue weighted by atomic mass is 32.1. The number of carbonyl (C=O) groups is 3. The zero-order chi connectivity index (χ0) is 22.3. The molecule has 0 fully saturated rings. The molecular formula is C17H22N6O6S. The second kappa shape index (κ2) is 10.2. The second-order valence-corrected chi connectivity index (χ2v) is 7.39. The number of amides is 1. The molecule has 0 saturated heterocycles. The van der Waals surface area contributed by atoms with Crippen molar-refractivity contribution in [2.75, 3.05) is 23.3 Å². The van der Waals surface area contributed by atoms with Crippen LogP contribution in [-0.4, -0.2) is 50.6 Å². The van der Waals surface area contributed by atoms with E-state index in [4.69, 9.17) is 21.7 Å². The number of carboxylic acids is 2. The molecule has 0 aliphatic rings. The van der Waals surface area contributed by atoms with E-state index < -0.39 is 23.9 Å². The number of hydrogen-bond acceptors (Lipinski definition) is 9. The number of anilines is 3. The van der Waals surface area contributed by atoms with E-state index in [-0.39, 0.29) is 35.0 Å². The highest BCUT2D eigenvalue weighted by molar-refractivity contribution is 7.17. The molecule has 30 heavy (non-hydrogen) atoms. The van der Waals surface area contributed by atoms with E-state index >= 15 is 0 Å². The molecule has 2 aromatic rings. The number of carbonyl (C=O) groups excluding carboxylic acids is 1. The van der Waals surface area contributed by atoms with Crippen molar-refractivity contribution in [3.8, 4) is 0 Å². The van der Waals surface area contributed by atoms with Crippen LogP contribution in [0.3, 0.4) is 0 Å². The lowest BCUT2D eigenvalue weighted by molar-refractivity contribution is -0.140. The first-order chi connectivity index (χ1) is 14.2. The number of aliphatic carboxylic acids is 2. The molecule has 1 atom stereocenters. The largest absolute Gasteiger partial charge is 0.481 e. The number of H-pyrrole nitrogens is 1. The van der Waals surface area contributed by atoms with E-state index in [0.29, 0.717) is 30.0 Å². The fourth-order valence-corrected chi connectivity index (χ4v) is 3.40. The molecule has 0 unspecified atom stereocenters. The van der Waals surface area contributed by atoms with Gasteiger partial charge in [0.15, 0.2) is 0 Å². The number of nitrogen functional groups attached to an aromatic ring is 2. The predicted molar refractivity (Wildman–Crippen MR) is 111 cm³/mol. The number of hydrogen-bond donors (Lipinski definition) is 7. The van der Waals surface area contributed by atoms with Crippen molar-refractivity contribution in [3.63, 3.8) is 0 Å². The minimum atomic E-state index is -1.30. The quantitative estimate of drug-likeness (QED) is 0.235. The van der Waals surface area contributed by atoms with Crippen LogP contribution in [0, 0.1) is 0 Å². The SMILES string of the molecule is Nc1nc(N)c(CCCNc2ccc(C(=O)N[C@@H](CCC(=O)O)C(=O)O)s2)c(=O)[nH]1. The number of nitrogens with one attached hydrogen (secondary N) is 3. The third kappa shape index (κ3) is 6.48. The van der Waals surface area contributed by atoms with Gasteiger partial charge >= 0.3 is 11.9 Å². The first-order valence-electron chi connectivity index (χ1n) is 8.90. The van der Waals surface area contributed by atoms with Crippen LogP contribution in [0.4, 0.5) is 16.8 Å². The standard InChI is InChI=1S/C17H22N6O6S/c18-13-8(14(26)23-17(19)22-13)2-1-7-20-11-5-4-10(30-11)15(27)21-9(16(28)29)3-6-12(24)25/h4-5,9,20H,1-3,6-7H2,(H,21,27)(H,24,25)(H,28,29)(H5,18,19,22,23,26)/t9-/m0/s1. The summed E-state index contributed by atoms with van der Waals surface area (Å²) in [6.45, 7) is 0.487. The summed E-state index contributed by atoms with van der Waals surface area (Å²) in [6.07, 6.45) is 0.360. The maximum atomic E-state index is 12.2. The van der Waals surface area contributed by atoms with E-state index in [1.54, 1.807) is 6.07 Å². The van der Waals surface area contributed by atoms with Gasteiger partial charge < -0.3 is 32.3 Å². The Hall–Kier alpha value is -3.61. The van der Waals surface area contributed by atoms with Crippen LogP contribution in [0.5, 0.6) is 0 Å². The molecule has 162 valence electrons. The molecule has 0 aliphatic carbocycles. The van der Waals surface area contributed by atoms with Crippen molar-refractivity contribution < 1.29 is 24.6 Å². The van der Waals surface area contributed by atoms with Gasteiger partial charge in [-0.05, 0) is 31.4 Å². The Morgan fingerprint density at radius 2 is 1.97 bits per heavy atom. The number of aromatic nitrogens is 2. The van der Waals surface area contributed by atoms with E-state index in [1.807, 2.05) is 0 Å². The molecule has 0 spiro atoms. The zero-order valence-corrected chi connectivity index (χ0v) is 16.6. The molecule has 0 aliphatic heterocycles. The number of aromatic amines is 1. The summed E-state index contributed by atoms with van der Waals surface area (Å²) in [4.78, 5) is 52.3. The van der Waals surface area contributed by atoms with E-state index in [9.17, 15) is 19.2 Å². The van der Waals surface area contributed by atoms with Gasteiger partial charge in [-0.2, -0.15) is 4.98 Å². The van der Waals surface area contributed by atoms with Crippen molar-refractivity contribution in [1.29, 1.82) is 0 Å². The Bertz CT molecular complexity index is 987. The number of carboxylic acid groups (broad SMARTS) is 2. The van der Waals surface area contributed by atoms with Gasteiger partial charge in [0.1, 0.15) is 11.9 Å². The molecule has 2 heterocycles. The van der Waals surface area contributed by atoms with E-state index in [1.165, 1.54) is 6.07 Å². The first-order valence-corrected chi connectivity index (χ1v) is 9.72. The van der Waals surface area contributed by atoms with Crippen LogP contribution < -0.4 is 27.7 Å². The lowest BCUT2D eigenvalue weighted by Gasteiger charge is -2.12. The topological polar surface area (TPSA) is 214 Å². The number of nitrogens with two attached hydrogens (primary N) is 2. The number of nitrogens with zero attached hydrogens (tertiary/aromatic N) is 1. The number of rotatable bonds is 11. The third-order valence-corrected chi connectivity index (χ3v) is 5.09. The Balaban J connectivity index is 1.86. The van der Waals surface area contributed by atoms with Gasteiger partial charge in [-0.15, -0.1) is 11.3 Å². The van der Waals surface area contributed by atoms with Crippen LogP contribution in [0.1, 0.15) is 34.5 Å². The predicted octanol–water partition coefficient (Wildman–Crippen LogP) is 0.0883. The van der Waals surface area contributed by atoms with Gasteiger partial charge in [0, 0.05) is 13.0 Å². The van der Waals surface area contributed by atoms with Gasteiger partial charge in [0.2, 0.25) is 5.95 Å². The third-order valence-electron chi connectivity index (χ3n) is 4.05. The summed E-state index contributed by atoms with van der Waals surface area (Å²) >= 11 is 1.12. The molecular weight excluding hydrogens is 416 g/mol. The van der Waals surface area contributed by atoms with Crippen LogP contribution >= 0.6 is 11.3 Å². The molecule has 0 radical (unpaired) electrons. The summed E-state index contributed by atoms with van der Waals surface area (Å²) < 4.78 is 0. The summed E-state index contributed by atoms with van der Waals surface area (Å²) in [5.74, 6) is -3.00. The lowest BCUT2D eigenvalue weighted by atomic mass is 10.1. The Labute approximate surface area is 174 Å². The molecule has 0 bridgehead atoms.